The van der Waals surface area contributed by atoms with E-state index in [0.717, 1.165) is 6.42 Å². The Morgan fingerprint density at radius 2 is 1.95 bits per heavy atom. The molecule has 0 bridgehead atoms. The third-order valence-electron chi connectivity index (χ3n) is 2.68. The summed E-state index contributed by atoms with van der Waals surface area (Å²) in [5, 5.41) is 2.73. The maximum absolute atomic E-state index is 12.2. The molecule has 2 amide bonds. The van der Waals surface area contributed by atoms with Gasteiger partial charge in [0.05, 0.1) is 19.9 Å². The molecule has 0 fully saturated rings. The van der Waals surface area contributed by atoms with Gasteiger partial charge in [-0.15, -0.1) is 0 Å². The number of rotatable bonds is 6. The van der Waals surface area contributed by atoms with Gasteiger partial charge in [-0.05, 0) is 18.6 Å². The molecule has 0 heterocycles. The van der Waals surface area contributed by atoms with Gasteiger partial charge in [-0.25, -0.2) is 4.79 Å². The molecule has 20 heavy (non-hydrogen) atoms. The second-order valence-electron chi connectivity index (χ2n) is 4.13. The van der Waals surface area contributed by atoms with Crippen molar-refractivity contribution in [1.29, 1.82) is 0 Å². The molecule has 6 nitrogen and oxygen atoms in total. The topological polar surface area (TPSA) is 67.9 Å². The minimum absolute atomic E-state index is 0.0781. The predicted molar refractivity (Wildman–Crippen MR) is 75.9 cm³/mol. The first-order valence-corrected chi connectivity index (χ1v) is 6.38. The lowest BCUT2D eigenvalue weighted by molar-refractivity contribution is -0.141. The van der Waals surface area contributed by atoms with Crippen molar-refractivity contribution in [1.82, 2.24) is 4.90 Å². The highest BCUT2D eigenvalue weighted by atomic mass is 16.5. The van der Waals surface area contributed by atoms with E-state index in [1.807, 2.05) is 13.0 Å². The van der Waals surface area contributed by atoms with Crippen LogP contribution in [0.3, 0.4) is 0 Å². The highest BCUT2D eigenvalue weighted by Crippen LogP contribution is 2.23. The van der Waals surface area contributed by atoms with E-state index in [1.54, 1.807) is 18.2 Å². The Hall–Kier alpha value is -2.24. The van der Waals surface area contributed by atoms with Crippen LogP contribution in [-0.4, -0.2) is 44.2 Å². The molecule has 0 aliphatic rings. The molecule has 0 aliphatic heterocycles. The number of hydrogen-bond acceptors (Lipinski definition) is 4. The zero-order chi connectivity index (χ0) is 15.0. The van der Waals surface area contributed by atoms with Crippen LogP contribution in [0.15, 0.2) is 24.3 Å². The van der Waals surface area contributed by atoms with Crippen LogP contribution in [0.4, 0.5) is 10.5 Å². The van der Waals surface area contributed by atoms with E-state index in [4.69, 9.17) is 4.74 Å². The van der Waals surface area contributed by atoms with Crippen LogP contribution in [0.1, 0.15) is 13.3 Å². The summed E-state index contributed by atoms with van der Waals surface area (Å²) in [4.78, 5) is 24.9. The molecule has 0 spiro atoms. The maximum atomic E-state index is 12.2. The van der Waals surface area contributed by atoms with E-state index in [9.17, 15) is 9.59 Å². The van der Waals surface area contributed by atoms with Crippen molar-refractivity contribution in [3.05, 3.63) is 24.3 Å². The molecule has 0 saturated carbocycles. The Morgan fingerprint density at radius 1 is 1.25 bits per heavy atom. The molecule has 1 aromatic carbocycles. The van der Waals surface area contributed by atoms with Crippen molar-refractivity contribution in [2.45, 2.75) is 13.3 Å². The summed E-state index contributed by atoms with van der Waals surface area (Å²) in [5.41, 5.74) is 0.561. The number of anilines is 1. The quantitative estimate of drug-likeness (QED) is 0.810. The molecule has 1 rings (SSSR count). The predicted octanol–water partition coefficient (Wildman–Crippen LogP) is 2.11. The fourth-order valence-corrected chi connectivity index (χ4v) is 1.68. The van der Waals surface area contributed by atoms with E-state index < -0.39 is 5.97 Å². The van der Waals surface area contributed by atoms with Gasteiger partial charge in [0.15, 0.2) is 0 Å². The second-order valence-corrected chi connectivity index (χ2v) is 4.13. The fraction of sp³-hybridized carbons (Fsp3) is 0.429. The maximum Gasteiger partial charge on any atom is 0.325 e. The van der Waals surface area contributed by atoms with Gasteiger partial charge in [-0.1, -0.05) is 19.1 Å². The Balaban J connectivity index is 2.77. The molecule has 0 aliphatic carbocycles. The summed E-state index contributed by atoms with van der Waals surface area (Å²) in [6.45, 7) is 2.32. The van der Waals surface area contributed by atoms with Crippen LogP contribution in [0, 0.1) is 0 Å². The number of carbonyl (C=O) groups excluding carboxylic acids is 2. The molecule has 0 aromatic heterocycles. The van der Waals surface area contributed by atoms with Crippen molar-refractivity contribution in [2.24, 2.45) is 0 Å². The Bertz CT molecular complexity index is 462. The number of benzene rings is 1. The molecule has 6 heteroatoms. The molecular formula is C14H20N2O4. The summed E-state index contributed by atoms with van der Waals surface area (Å²) in [6, 6.07) is 6.73. The average Bonchev–Trinajstić information content (AvgIpc) is 2.47. The van der Waals surface area contributed by atoms with Crippen LogP contribution in [0.5, 0.6) is 5.75 Å². The molecule has 0 atom stereocenters. The lowest BCUT2D eigenvalue weighted by atomic mass is 10.3. The number of esters is 1. The van der Waals surface area contributed by atoms with Crippen molar-refractivity contribution in [3.8, 4) is 5.75 Å². The van der Waals surface area contributed by atoms with Crippen LogP contribution < -0.4 is 10.1 Å². The lowest BCUT2D eigenvalue weighted by Crippen LogP contribution is -2.39. The standard InChI is InChI=1S/C14H20N2O4/c1-4-9-16(10-13(17)20-3)14(18)15-11-7-5-6-8-12(11)19-2/h5-8H,4,9-10H2,1-3H3,(H,15,18). The Labute approximate surface area is 118 Å². The van der Waals surface area contributed by atoms with Crippen molar-refractivity contribution in [3.63, 3.8) is 0 Å². The number of amides is 2. The Morgan fingerprint density at radius 3 is 2.55 bits per heavy atom. The van der Waals surface area contributed by atoms with Crippen LogP contribution in [0.25, 0.3) is 0 Å². The number of para-hydroxylation sites is 2. The first-order chi connectivity index (χ1) is 9.62. The van der Waals surface area contributed by atoms with E-state index in [2.05, 4.69) is 10.1 Å². The highest BCUT2D eigenvalue weighted by molar-refractivity contribution is 5.92. The van der Waals surface area contributed by atoms with Crippen LogP contribution in [0.2, 0.25) is 0 Å². The van der Waals surface area contributed by atoms with Crippen molar-refractivity contribution >= 4 is 17.7 Å². The minimum atomic E-state index is -0.450. The SMILES string of the molecule is CCCN(CC(=O)OC)C(=O)Nc1ccccc1OC. The lowest BCUT2D eigenvalue weighted by Gasteiger charge is -2.21. The smallest absolute Gasteiger partial charge is 0.325 e. The number of nitrogens with zero attached hydrogens (tertiary/aromatic N) is 1. The van der Waals surface area contributed by atoms with E-state index in [0.29, 0.717) is 18.0 Å². The number of methoxy groups -OCH3 is 2. The van der Waals surface area contributed by atoms with Crippen molar-refractivity contribution in [2.75, 3.05) is 32.6 Å². The molecule has 0 radical (unpaired) electrons. The number of urea groups is 1. The first-order valence-electron chi connectivity index (χ1n) is 6.38. The normalized spacial score (nSPS) is 9.75. The highest BCUT2D eigenvalue weighted by Gasteiger charge is 2.17. The summed E-state index contributed by atoms with van der Waals surface area (Å²) in [5.74, 6) is 0.115. The largest absolute Gasteiger partial charge is 0.495 e. The van der Waals surface area contributed by atoms with Crippen LogP contribution >= 0.6 is 0 Å². The van der Waals surface area contributed by atoms with Crippen LogP contribution in [-0.2, 0) is 9.53 Å². The minimum Gasteiger partial charge on any atom is -0.495 e. The molecule has 1 N–H and O–H groups in total. The molecule has 0 unspecified atom stereocenters. The fourth-order valence-electron chi connectivity index (χ4n) is 1.68. The van der Waals surface area contributed by atoms with E-state index >= 15 is 0 Å². The van der Waals surface area contributed by atoms with Gasteiger partial charge in [-0.2, -0.15) is 0 Å². The number of nitrogens with one attached hydrogen (secondary N) is 1. The Kier molecular flexibility index (Phi) is 6.36. The van der Waals surface area contributed by atoms with Gasteiger partial charge < -0.3 is 19.7 Å². The van der Waals surface area contributed by atoms with Gasteiger partial charge in [0.2, 0.25) is 0 Å². The van der Waals surface area contributed by atoms with Crippen molar-refractivity contribution < 1.29 is 19.1 Å². The third-order valence-corrected chi connectivity index (χ3v) is 2.68. The zero-order valence-corrected chi connectivity index (χ0v) is 12.0. The number of carbonyl (C=O) groups is 2. The molecule has 1 aromatic rings. The first kappa shape index (κ1) is 15.8. The average molecular weight is 280 g/mol. The third kappa shape index (κ3) is 4.46. The summed E-state index contributed by atoms with van der Waals surface area (Å²) < 4.78 is 9.75. The van der Waals surface area contributed by atoms with E-state index in [-0.39, 0.29) is 12.6 Å². The number of hydrogen-bond donors (Lipinski definition) is 1. The molecular weight excluding hydrogens is 260 g/mol. The number of ether oxygens (including phenoxy) is 2. The summed E-state index contributed by atoms with van der Waals surface area (Å²) in [7, 11) is 2.83. The van der Waals surface area contributed by atoms with Gasteiger partial charge in [0, 0.05) is 6.54 Å². The zero-order valence-electron chi connectivity index (χ0n) is 12.0. The molecule has 110 valence electrons. The van der Waals surface area contributed by atoms with E-state index in [1.165, 1.54) is 19.1 Å². The summed E-state index contributed by atoms with van der Waals surface area (Å²) >= 11 is 0. The van der Waals surface area contributed by atoms with Gasteiger partial charge in [0.1, 0.15) is 12.3 Å². The second kappa shape index (κ2) is 8.04. The van der Waals surface area contributed by atoms with Gasteiger partial charge in [-0.3, -0.25) is 4.79 Å². The summed E-state index contributed by atoms with van der Waals surface area (Å²) in [6.07, 6.45) is 0.746. The monoisotopic (exact) mass is 280 g/mol. The van der Waals surface area contributed by atoms with Gasteiger partial charge >= 0.3 is 12.0 Å². The molecule has 0 saturated heterocycles. The van der Waals surface area contributed by atoms with Gasteiger partial charge in [0.25, 0.3) is 0 Å².